The van der Waals surface area contributed by atoms with Gasteiger partial charge in [-0.2, -0.15) is 4.98 Å². The van der Waals surface area contributed by atoms with Gasteiger partial charge in [0.05, 0.1) is 0 Å². The molecule has 1 fully saturated rings. The maximum absolute atomic E-state index is 14.9. The topological polar surface area (TPSA) is 69.3 Å². The van der Waals surface area contributed by atoms with Gasteiger partial charge in [-0.3, -0.25) is 0 Å². The highest BCUT2D eigenvalue weighted by atomic mass is 35.5. The molecule has 0 amide bonds. The smallest absolute Gasteiger partial charge is 0.243 e. The summed E-state index contributed by atoms with van der Waals surface area (Å²) in [6.45, 7) is 9.35. The summed E-state index contributed by atoms with van der Waals surface area (Å²) >= 11 is 6.51. The van der Waals surface area contributed by atoms with Gasteiger partial charge in [0.25, 0.3) is 0 Å². The summed E-state index contributed by atoms with van der Waals surface area (Å²) in [5, 5.41) is 3.83. The van der Waals surface area contributed by atoms with Crippen LogP contribution in [-0.4, -0.2) is 52.6 Å². The number of nitrogens with zero attached hydrogens (tertiary/aromatic N) is 4. The molecule has 1 saturated heterocycles. The zero-order valence-electron chi connectivity index (χ0n) is 19.1. The van der Waals surface area contributed by atoms with E-state index >= 15 is 0 Å². The molecule has 0 spiro atoms. The van der Waals surface area contributed by atoms with Gasteiger partial charge in [-0.05, 0) is 55.9 Å². The van der Waals surface area contributed by atoms with E-state index in [0.29, 0.717) is 16.7 Å². The summed E-state index contributed by atoms with van der Waals surface area (Å²) < 4.78 is 20.7. The number of rotatable bonds is 6. The van der Waals surface area contributed by atoms with Crippen LogP contribution in [0.1, 0.15) is 12.6 Å². The van der Waals surface area contributed by atoms with Gasteiger partial charge in [-0.1, -0.05) is 18.5 Å². The van der Waals surface area contributed by atoms with Crippen LogP contribution in [0.2, 0.25) is 5.02 Å². The lowest BCUT2D eigenvalue weighted by molar-refractivity contribution is 0.271. The fourth-order valence-corrected chi connectivity index (χ4v) is 4.38. The first-order chi connectivity index (χ1) is 16.5. The number of aromatic nitrogens is 3. The summed E-state index contributed by atoms with van der Waals surface area (Å²) in [6.07, 6.45) is 1.34. The highest BCUT2D eigenvalue weighted by Gasteiger charge is 2.18. The van der Waals surface area contributed by atoms with E-state index in [9.17, 15) is 4.39 Å². The van der Waals surface area contributed by atoms with Gasteiger partial charge in [0.2, 0.25) is 5.88 Å². The highest BCUT2D eigenvalue weighted by molar-refractivity contribution is 6.34. The average molecular weight is 481 g/mol. The molecular formula is C25H26ClFN6O. The molecule has 2 aromatic carbocycles. The number of H-pyrrole nitrogens is 1. The fourth-order valence-electron chi connectivity index (χ4n) is 4.20. The van der Waals surface area contributed by atoms with Gasteiger partial charge in [0.15, 0.2) is 17.4 Å². The Morgan fingerprint density at radius 3 is 2.59 bits per heavy atom. The molecule has 5 rings (SSSR count). The first-order valence-electron chi connectivity index (χ1n) is 11.3. The molecule has 34 heavy (non-hydrogen) atoms. The van der Waals surface area contributed by atoms with E-state index in [1.54, 1.807) is 18.2 Å². The Morgan fingerprint density at radius 2 is 1.85 bits per heavy atom. The monoisotopic (exact) mass is 480 g/mol. The molecule has 4 aromatic rings. The van der Waals surface area contributed by atoms with Crippen molar-refractivity contribution in [3.63, 3.8) is 0 Å². The number of ether oxygens (including phenoxy) is 1. The van der Waals surface area contributed by atoms with Gasteiger partial charge >= 0.3 is 0 Å². The SMILES string of the molecule is CCN1CCN(c2ccc(Nc3ncnc(Oc4ccc5[nH]c(C)cc5c4F)c3Cl)cc2)CC1. The predicted octanol–water partition coefficient (Wildman–Crippen LogP) is 5.74. The van der Waals surface area contributed by atoms with Gasteiger partial charge in [-0.25, -0.2) is 9.37 Å². The molecule has 0 unspecified atom stereocenters. The number of likely N-dealkylation sites (N-methyl/N-ethyl adjacent to an activating group) is 1. The predicted molar refractivity (Wildman–Crippen MR) is 134 cm³/mol. The van der Waals surface area contributed by atoms with Gasteiger partial charge in [-0.15, -0.1) is 0 Å². The maximum atomic E-state index is 14.9. The quantitative estimate of drug-likeness (QED) is 0.367. The van der Waals surface area contributed by atoms with Crippen LogP contribution in [0.25, 0.3) is 10.9 Å². The van der Waals surface area contributed by atoms with Crippen LogP contribution < -0.4 is 15.0 Å². The molecule has 0 radical (unpaired) electrons. The Kier molecular flexibility index (Phi) is 6.26. The molecule has 176 valence electrons. The van der Waals surface area contributed by atoms with Crippen LogP contribution in [0, 0.1) is 12.7 Å². The molecule has 0 saturated carbocycles. The average Bonchev–Trinajstić information content (AvgIpc) is 3.25. The van der Waals surface area contributed by atoms with Crippen molar-refractivity contribution in [2.24, 2.45) is 0 Å². The molecule has 1 aliphatic rings. The molecule has 0 bridgehead atoms. The molecule has 0 atom stereocenters. The van der Waals surface area contributed by atoms with Crippen molar-refractivity contribution >= 4 is 39.7 Å². The Bertz CT molecular complexity index is 1300. The van der Waals surface area contributed by atoms with E-state index in [4.69, 9.17) is 16.3 Å². The number of hydrogen-bond donors (Lipinski definition) is 2. The van der Waals surface area contributed by atoms with Crippen LogP contribution >= 0.6 is 11.6 Å². The van der Waals surface area contributed by atoms with Crippen LogP contribution in [0.4, 0.5) is 21.6 Å². The van der Waals surface area contributed by atoms with Crippen molar-refractivity contribution in [3.8, 4) is 11.6 Å². The Hall–Kier alpha value is -3.36. The van der Waals surface area contributed by atoms with Crippen LogP contribution in [0.15, 0.2) is 48.8 Å². The lowest BCUT2D eigenvalue weighted by Gasteiger charge is -2.35. The van der Waals surface area contributed by atoms with Gasteiger partial charge in [0, 0.05) is 54.2 Å². The second-order valence-corrected chi connectivity index (χ2v) is 8.71. The second-order valence-electron chi connectivity index (χ2n) is 8.33. The number of halogens is 2. The van der Waals surface area contributed by atoms with E-state index < -0.39 is 5.82 Å². The number of hydrogen-bond acceptors (Lipinski definition) is 6. The van der Waals surface area contributed by atoms with Crippen molar-refractivity contribution in [1.82, 2.24) is 19.9 Å². The van der Waals surface area contributed by atoms with E-state index in [0.717, 1.165) is 44.1 Å². The van der Waals surface area contributed by atoms with Crippen molar-refractivity contribution in [2.75, 3.05) is 42.9 Å². The lowest BCUT2D eigenvalue weighted by Crippen LogP contribution is -2.46. The van der Waals surface area contributed by atoms with Crippen molar-refractivity contribution < 1.29 is 9.13 Å². The number of piperazine rings is 1. The van der Waals surface area contributed by atoms with E-state index in [1.165, 1.54) is 12.0 Å². The molecule has 3 heterocycles. The van der Waals surface area contributed by atoms with E-state index in [1.807, 2.05) is 19.1 Å². The third-order valence-corrected chi connectivity index (χ3v) is 6.46. The maximum Gasteiger partial charge on any atom is 0.243 e. The Morgan fingerprint density at radius 1 is 1.09 bits per heavy atom. The van der Waals surface area contributed by atoms with Gasteiger partial charge < -0.3 is 24.8 Å². The minimum atomic E-state index is -0.471. The molecule has 0 aliphatic carbocycles. The van der Waals surface area contributed by atoms with Crippen LogP contribution in [0.3, 0.4) is 0 Å². The standard InChI is InChI=1S/C25H26ClFN6O/c1-3-32-10-12-33(13-11-32)18-6-4-17(5-7-18)31-24-22(26)25(29-15-28-24)34-21-9-8-20-19(23(21)27)14-16(2)30-20/h4-9,14-15,30H,3,10-13H2,1-2H3,(H,28,29,31). The Labute approximate surface area is 202 Å². The zero-order valence-corrected chi connectivity index (χ0v) is 19.9. The van der Waals surface area contributed by atoms with Crippen molar-refractivity contribution in [2.45, 2.75) is 13.8 Å². The molecule has 1 aliphatic heterocycles. The summed E-state index contributed by atoms with van der Waals surface area (Å²) in [7, 11) is 0. The number of nitrogens with one attached hydrogen (secondary N) is 2. The fraction of sp³-hybridized carbons (Fsp3) is 0.280. The van der Waals surface area contributed by atoms with Gasteiger partial charge in [0.1, 0.15) is 11.3 Å². The number of aromatic amines is 1. The Balaban J connectivity index is 1.31. The molecule has 2 N–H and O–H groups in total. The van der Waals surface area contributed by atoms with Crippen LogP contribution in [0.5, 0.6) is 11.6 Å². The molecule has 7 nitrogen and oxygen atoms in total. The third-order valence-electron chi connectivity index (χ3n) is 6.12. The number of anilines is 3. The minimum Gasteiger partial charge on any atom is -0.434 e. The molecular weight excluding hydrogens is 455 g/mol. The number of fused-ring (bicyclic) bond motifs is 1. The molecule has 9 heteroatoms. The van der Waals surface area contributed by atoms with E-state index in [-0.39, 0.29) is 16.7 Å². The van der Waals surface area contributed by atoms with E-state index in [2.05, 4.69) is 49.1 Å². The second kappa shape index (κ2) is 9.48. The lowest BCUT2D eigenvalue weighted by atomic mass is 10.2. The first kappa shape index (κ1) is 22.4. The highest BCUT2D eigenvalue weighted by Crippen LogP contribution is 2.36. The van der Waals surface area contributed by atoms with Crippen LogP contribution in [-0.2, 0) is 0 Å². The summed E-state index contributed by atoms with van der Waals surface area (Å²) in [5.41, 5.74) is 3.59. The summed E-state index contributed by atoms with van der Waals surface area (Å²) in [6, 6.07) is 13.2. The zero-order chi connectivity index (χ0) is 23.7. The third kappa shape index (κ3) is 4.51. The summed E-state index contributed by atoms with van der Waals surface area (Å²) in [5.74, 6) is 0.0389. The number of benzene rings is 2. The minimum absolute atomic E-state index is 0.0468. The van der Waals surface area contributed by atoms with Crippen molar-refractivity contribution in [1.29, 1.82) is 0 Å². The first-order valence-corrected chi connectivity index (χ1v) is 11.7. The normalized spacial score (nSPS) is 14.5. The van der Waals surface area contributed by atoms with Crippen molar-refractivity contribution in [3.05, 3.63) is 65.3 Å². The largest absolute Gasteiger partial charge is 0.434 e. The number of aryl methyl sites for hydroxylation is 1. The summed E-state index contributed by atoms with van der Waals surface area (Å²) in [4.78, 5) is 16.3. The molecule has 2 aromatic heterocycles.